The lowest BCUT2D eigenvalue weighted by atomic mass is 10.1. The second-order valence-corrected chi connectivity index (χ2v) is 19.8. The number of benzene rings is 1. The van der Waals surface area contributed by atoms with Crippen LogP contribution in [-0.2, 0) is 44.4 Å². The zero-order valence-corrected chi connectivity index (χ0v) is 32.8. The van der Waals surface area contributed by atoms with Crippen LogP contribution >= 0.6 is 11.3 Å². The van der Waals surface area contributed by atoms with Crippen LogP contribution in [0, 0.1) is 0 Å². The van der Waals surface area contributed by atoms with E-state index in [0.717, 1.165) is 18.2 Å². The van der Waals surface area contributed by atoms with Crippen molar-refractivity contribution >= 4 is 55.4 Å². The van der Waals surface area contributed by atoms with E-state index in [1.54, 1.807) is 26.2 Å². The second-order valence-electron chi connectivity index (χ2n) is 14.2. The molecule has 4 N–H and O–H groups in total. The van der Waals surface area contributed by atoms with Crippen LogP contribution < -0.4 is 21.3 Å². The lowest BCUT2D eigenvalue weighted by molar-refractivity contribution is -0.151. The Labute approximate surface area is 304 Å². The standard InChI is InChI=1S/C34H51N5O10SSi/c1-21(40)47-18-25(31(44)46-8)38-28(42)24(19-48-51(9,10)34(5,6)7)37-29(43)26-20-50-30(39-26)23-13-11-22(12-14-23)17-36-27(41)15-16-35-32(45)49-33(2,3)4/h11-14,20,24-25H,15-19H2,1-10H3,(H,35,45)(H,36,41)(H,37,43)(H,38,42). The van der Waals surface area contributed by atoms with Crippen molar-refractivity contribution in [2.75, 3.05) is 26.9 Å². The van der Waals surface area contributed by atoms with Crippen LogP contribution in [0.2, 0.25) is 18.1 Å². The van der Waals surface area contributed by atoms with Gasteiger partial charge in [-0.25, -0.2) is 14.6 Å². The average molecular weight is 750 g/mol. The summed E-state index contributed by atoms with van der Waals surface area (Å²) in [6, 6.07) is 4.74. The summed E-state index contributed by atoms with van der Waals surface area (Å²) in [6.45, 7) is 16.3. The van der Waals surface area contributed by atoms with Crippen LogP contribution in [0.4, 0.5) is 4.79 Å². The minimum atomic E-state index is -2.37. The molecule has 51 heavy (non-hydrogen) atoms. The summed E-state index contributed by atoms with van der Waals surface area (Å²) in [5.74, 6) is -3.08. The Balaban J connectivity index is 2.08. The van der Waals surface area contributed by atoms with Gasteiger partial charge in [-0.15, -0.1) is 11.3 Å². The Morgan fingerprint density at radius 2 is 1.55 bits per heavy atom. The summed E-state index contributed by atoms with van der Waals surface area (Å²) in [6.07, 6.45) is -0.497. The fourth-order valence-corrected chi connectivity index (χ4v) is 5.69. The topological polar surface area (TPSA) is 200 Å². The summed E-state index contributed by atoms with van der Waals surface area (Å²) in [5.41, 5.74) is 1.01. The molecule has 1 aromatic heterocycles. The number of ether oxygens (including phenoxy) is 3. The van der Waals surface area contributed by atoms with Crippen molar-refractivity contribution in [3.63, 3.8) is 0 Å². The Hall–Kier alpha value is -4.35. The van der Waals surface area contributed by atoms with E-state index in [2.05, 4.69) is 26.3 Å². The van der Waals surface area contributed by atoms with E-state index in [0.29, 0.717) is 5.01 Å². The number of carbonyl (C=O) groups is 6. The predicted molar refractivity (Wildman–Crippen MR) is 193 cm³/mol. The van der Waals surface area contributed by atoms with Crippen molar-refractivity contribution in [2.24, 2.45) is 0 Å². The molecule has 0 spiro atoms. The smallest absolute Gasteiger partial charge is 0.407 e. The van der Waals surface area contributed by atoms with Gasteiger partial charge in [-0.2, -0.15) is 0 Å². The number of amides is 4. The predicted octanol–water partition coefficient (Wildman–Crippen LogP) is 3.68. The van der Waals surface area contributed by atoms with Gasteiger partial charge in [0.2, 0.25) is 11.8 Å². The molecule has 0 aliphatic carbocycles. The number of methoxy groups -OCH3 is 1. The normalized spacial score (nSPS) is 12.9. The Kier molecular flexibility index (Phi) is 15.7. The van der Waals surface area contributed by atoms with Crippen LogP contribution in [0.1, 0.15) is 70.9 Å². The van der Waals surface area contributed by atoms with Gasteiger partial charge in [-0.3, -0.25) is 19.2 Å². The highest BCUT2D eigenvalue weighted by Gasteiger charge is 2.39. The first-order valence-corrected chi connectivity index (χ1v) is 20.2. The number of aromatic nitrogens is 1. The second kappa shape index (κ2) is 18.8. The largest absolute Gasteiger partial charge is 0.467 e. The van der Waals surface area contributed by atoms with Crippen molar-refractivity contribution in [3.8, 4) is 10.6 Å². The quantitative estimate of drug-likeness (QED) is 0.111. The van der Waals surface area contributed by atoms with Crippen LogP contribution in [0.15, 0.2) is 29.6 Å². The number of carbonyl (C=O) groups excluding carboxylic acids is 6. The van der Waals surface area contributed by atoms with Gasteiger partial charge in [0.25, 0.3) is 5.91 Å². The first kappa shape index (κ1) is 42.8. The minimum absolute atomic E-state index is 0.0703. The Bertz CT molecular complexity index is 1530. The highest BCUT2D eigenvalue weighted by molar-refractivity contribution is 7.13. The molecule has 0 aliphatic heterocycles. The summed E-state index contributed by atoms with van der Waals surface area (Å²) >= 11 is 1.23. The van der Waals surface area contributed by atoms with E-state index in [-0.39, 0.29) is 42.8 Å². The summed E-state index contributed by atoms with van der Waals surface area (Å²) in [5, 5.41) is 12.4. The van der Waals surface area contributed by atoms with Gasteiger partial charge in [-0.1, -0.05) is 45.0 Å². The molecule has 2 atom stereocenters. The van der Waals surface area contributed by atoms with E-state index < -0.39 is 62.5 Å². The Morgan fingerprint density at radius 3 is 2.12 bits per heavy atom. The molecule has 0 aliphatic rings. The first-order valence-electron chi connectivity index (χ1n) is 16.4. The molecule has 15 nitrogen and oxygen atoms in total. The zero-order chi connectivity index (χ0) is 38.6. The van der Waals surface area contributed by atoms with Crippen molar-refractivity contribution < 1.29 is 47.4 Å². The molecule has 0 saturated heterocycles. The molecule has 2 unspecified atom stereocenters. The van der Waals surface area contributed by atoms with Crippen molar-refractivity contribution in [1.82, 2.24) is 26.3 Å². The number of nitrogens with zero attached hydrogens (tertiary/aromatic N) is 1. The molecular weight excluding hydrogens is 699 g/mol. The van der Waals surface area contributed by atoms with Gasteiger partial charge in [-0.05, 0) is 44.5 Å². The third-order valence-corrected chi connectivity index (χ3v) is 13.1. The molecule has 0 saturated carbocycles. The van der Waals surface area contributed by atoms with Crippen LogP contribution in [0.3, 0.4) is 0 Å². The fraction of sp³-hybridized carbons (Fsp3) is 0.559. The van der Waals surface area contributed by atoms with Gasteiger partial charge >= 0.3 is 18.0 Å². The number of thiazole rings is 1. The maximum absolute atomic E-state index is 13.4. The molecule has 17 heteroatoms. The highest BCUT2D eigenvalue weighted by atomic mass is 32.1. The molecule has 0 radical (unpaired) electrons. The molecule has 2 rings (SSSR count). The van der Waals surface area contributed by atoms with Crippen molar-refractivity contribution in [1.29, 1.82) is 0 Å². The van der Waals surface area contributed by atoms with E-state index in [1.807, 2.05) is 58.1 Å². The SMILES string of the molecule is COC(=O)C(COC(C)=O)NC(=O)C(CO[Si](C)(C)C(C)(C)C)NC(=O)c1csc(-c2ccc(CNC(=O)CCNC(=O)OC(C)(C)C)cc2)n1. The number of hydrogen-bond acceptors (Lipinski definition) is 12. The maximum atomic E-state index is 13.4. The molecule has 2 aromatic rings. The number of nitrogens with one attached hydrogen (secondary N) is 4. The molecule has 1 heterocycles. The zero-order valence-electron chi connectivity index (χ0n) is 31.0. The Morgan fingerprint density at radius 1 is 0.902 bits per heavy atom. The van der Waals surface area contributed by atoms with Gasteiger partial charge in [0.05, 0.1) is 13.7 Å². The summed E-state index contributed by atoms with van der Waals surface area (Å²) < 4.78 is 21.1. The van der Waals surface area contributed by atoms with E-state index in [1.165, 1.54) is 18.3 Å². The van der Waals surface area contributed by atoms with E-state index >= 15 is 0 Å². The molecule has 0 bridgehead atoms. The van der Waals surface area contributed by atoms with Crippen LogP contribution in [-0.4, -0.2) is 93.6 Å². The summed E-state index contributed by atoms with van der Waals surface area (Å²) in [7, 11) is -1.23. The van der Waals surface area contributed by atoms with E-state index in [9.17, 15) is 28.8 Å². The molecule has 0 fully saturated rings. The number of hydrogen-bond donors (Lipinski definition) is 4. The fourth-order valence-electron chi connectivity index (χ4n) is 3.86. The maximum Gasteiger partial charge on any atom is 0.407 e. The van der Waals surface area contributed by atoms with E-state index in [4.69, 9.17) is 18.6 Å². The third kappa shape index (κ3) is 14.8. The number of alkyl carbamates (subject to hydrolysis) is 1. The van der Waals surface area contributed by atoms with Gasteiger partial charge in [0, 0.05) is 37.4 Å². The van der Waals surface area contributed by atoms with Gasteiger partial charge < -0.3 is 39.9 Å². The number of esters is 2. The van der Waals surface area contributed by atoms with Crippen LogP contribution in [0.25, 0.3) is 10.6 Å². The monoisotopic (exact) mass is 749 g/mol. The van der Waals surface area contributed by atoms with Crippen molar-refractivity contribution in [2.45, 2.75) is 97.2 Å². The average Bonchev–Trinajstić information content (AvgIpc) is 3.53. The molecule has 1 aromatic carbocycles. The first-order chi connectivity index (χ1) is 23.6. The molecule has 282 valence electrons. The van der Waals surface area contributed by atoms with Crippen LogP contribution in [0.5, 0.6) is 0 Å². The number of rotatable bonds is 16. The highest BCUT2D eigenvalue weighted by Crippen LogP contribution is 2.36. The third-order valence-electron chi connectivity index (χ3n) is 7.74. The lowest BCUT2D eigenvalue weighted by Crippen LogP contribution is -2.56. The molecule has 4 amide bonds. The lowest BCUT2D eigenvalue weighted by Gasteiger charge is -2.37. The summed E-state index contributed by atoms with van der Waals surface area (Å²) in [4.78, 5) is 78.9. The van der Waals surface area contributed by atoms with Crippen molar-refractivity contribution in [3.05, 3.63) is 40.9 Å². The van der Waals surface area contributed by atoms with Gasteiger partial charge in [0.15, 0.2) is 14.4 Å². The molecular formula is C34H51N5O10SSi. The van der Waals surface area contributed by atoms with Gasteiger partial charge in [0.1, 0.15) is 29.0 Å². The minimum Gasteiger partial charge on any atom is -0.467 e.